The summed E-state index contributed by atoms with van der Waals surface area (Å²) in [6.07, 6.45) is 8.38. The molecule has 162 valence electrons. The summed E-state index contributed by atoms with van der Waals surface area (Å²) in [5.41, 5.74) is 0.365. The van der Waals surface area contributed by atoms with E-state index >= 15 is 0 Å². The Labute approximate surface area is 172 Å². The molecular weight excluding hydrogens is 376 g/mol. The topological polar surface area (TPSA) is 72.5 Å². The molecule has 3 heterocycles. The molecule has 3 saturated heterocycles. The van der Waals surface area contributed by atoms with Gasteiger partial charge in [-0.05, 0) is 32.6 Å². The molecule has 7 nitrogen and oxygen atoms in total. The van der Waals surface area contributed by atoms with Crippen LogP contribution >= 0.6 is 0 Å². The van der Waals surface area contributed by atoms with Gasteiger partial charge in [0, 0.05) is 31.3 Å². The maximum absolute atomic E-state index is 11.9. The molecule has 2 spiro atoms. The number of hydrogen-bond donors (Lipinski definition) is 0. The Morgan fingerprint density at radius 2 is 1.41 bits per heavy atom. The SMILES string of the molecule is C=C(C)C(=O)OC[C@H]1O[C@H]2OC3(CCCCC3)O[C@H]2[C@H]2OC3(CCCCC3)O[C@@H]21. The number of carbonyl (C=O) groups is 1. The third-order valence-corrected chi connectivity index (χ3v) is 6.93. The quantitative estimate of drug-likeness (QED) is 0.524. The minimum Gasteiger partial charge on any atom is -0.459 e. The largest absolute Gasteiger partial charge is 0.459 e. The van der Waals surface area contributed by atoms with E-state index in [9.17, 15) is 4.79 Å². The summed E-state index contributed by atoms with van der Waals surface area (Å²) in [5, 5.41) is 0. The van der Waals surface area contributed by atoms with Gasteiger partial charge in [-0.1, -0.05) is 19.4 Å². The third kappa shape index (κ3) is 3.65. The summed E-state index contributed by atoms with van der Waals surface area (Å²) in [4.78, 5) is 11.9. The number of esters is 1. The Morgan fingerprint density at radius 1 is 0.862 bits per heavy atom. The lowest BCUT2D eigenvalue weighted by molar-refractivity contribution is -0.255. The van der Waals surface area contributed by atoms with Gasteiger partial charge < -0.3 is 28.4 Å². The van der Waals surface area contributed by atoms with Crippen molar-refractivity contribution in [3.63, 3.8) is 0 Å². The van der Waals surface area contributed by atoms with Gasteiger partial charge >= 0.3 is 5.97 Å². The van der Waals surface area contributed by atoms with Crippen LogP contribution in [-0.2, 0) is 33.2 Å². The molecule has 7 heteroatoms. The van der Waals surface area contributed by atoms with Gasteiger partial charge in [-0.15, -0.1) is 0 Å². The second kappa shape index (κ2) is 7.61. The van der Waals surface area contributed by atoms with Gasteiger partial charge in [-0.2, -0.15) is 0 Å². The van der Waals surface area contributed by atoms with Crippen LogP contribution in [0.5, 0.6) is 0 Å². The van der Waals surface area contributed by atoms with Crippen molar-refractivity contribution < 1.29 is 33.2 Å². The summed E-state index contributed by atoms with van der Waals surface area (Å²) in [7, 11) is 0. The van der Waals surface area contributed by atoms with E-state index in [-0.39, 0.29) is 24.9 Å². The lowest BCUT2D eigenvalue weighted by Gasteiger charge is -2.36. The predicted molar refractivity (Wildman–Crippen MR) is 102 cm³/mol. The fraction of sp³-hybridized carbons (Fsp3) is 0.864. The molecule has 0 amide bonds. The molecular formula is C22H32O7. The van der Waals surface area contributed by atoms with E-state index in [1.54, 1.807) is 6.92 Å². The third-order valence-electron chi connectivity index (χ3n) is 6.93. The summed E-state index contributed by atoms with van der Waals surface area (Å²) in [6.45, 7) is 5.37. The summed E-state index contributed by atoms with van der Waals surface area (Å²) in [5.74, 6) is -1.58. The van der Waals surface area contributed by atoms with Gasteiger partial charge in [0.25, 0.3) is 0 Å². The molecule has 0 aromatic rings. The zero-order valence-corrected chi connectivity index (χ0v) is 17.2. The maximum atomic E-state index is 11.9. The van der Waals surface area contributed by atoms with Crippen LogP contribution < -0.4 is 0 Å². The standard InChI is InChI=1S/C22H32O7/c1-14(2)19(23)24-13-15-16-17(27-21(26-16)9-5-3-6-10-21)18-20(25-15)29-22(28-18)11-7-4-8-12-22/h15-18,20H,1,3-13H2,2H3/t15-,16-,17+,18+,20+/m1/s1. The summed E-state index contributed by atoms with van der Waals surface area (Å²) < 4.78 is 37.5. The van der Waals surface area contributed by atoms with E-state index in [1.165, 1.54) is 12.8 Å². The van der Waals surface area contributed by atoms with Crippen LogP contribution in [0.25, 0.3) is 0 Å². The summed E-state index contributed by atoms with van der Waals surface area (Å²) in [6, 6.07) is 0. The Morgan fingerprint density at radius 3 is 2.03 bits per heavy atom. The van der Waals surface area contributed by atoms with E-state index in [0.717, 1.165) is 51.4 Å². The van der Waals surface area contributed by atoms with Crippen molar-refractivity contribution in [1.29, 1.82) is 0 Å². The predicted octanol–water partition coefficient (Wildman–Crippen LogP) is 3.35. The highest BCUT2D eigenvalue weighted by atomic mass is 16.9. The van der Waals surface area contributed by atoms with E-state index in [0.29, 0.717) is 5.57 Å². The monoisotopic (exact) mass is 408 g/mol. The zero-order valence-electron chi connectivity index (χ0n) is 17.2. The number of fused-ring (bicyclic) bond motifs is 3. The second-order valence-corrected chi connectivity index (χ2v) is 9.23. The fourth-order valence-corrected chi connectivity index (χ4v) is 5.45. The molecule has 0 N–H and O–H groups in total. The van der Waals surface area contributed by atoms with Crippen molar-refractivity contribution in [2.24, 2.45) is 0 Å². The highest BCUT2D eigenvalue weighted by Gasteiger charge is 2.64. The van der Waals surface area contributed by atoms with E-state index in [4.69, 9.17) is 28.4 Å². The fourth-order valence-electron chi connectivity index (χ4n) is 5.45. The number of ether oxygens (including phenoxy) is 6. The number of hydrogen-bond acceptors (Lipinski definition) is 7. The van der Waals surface area contributed by atoms with E-state index < -0.39 is 29.9 Å². The first kappa shape index (κ1) is 19.9. The van der Waals surface area contributed by atoms with Crippen molar-refractivity contribution >= 4 is 5.97 Å². The van der Waals surface area contributed by atoms with Gasteiger partial charge in [0.2, 0.25) is 0 Å². The second-order valence-electron chi connectivity index (χ2n) is 9.23. The van der Waals surface area contributed by atoms with Gasteiger partial charge in [-0.25, -0.2) is 4.79 Å². The Balaban J connectivity index is 1.36. The summed E-state index contributed by atoms with van der Waals surface area (Å²) >= 11 is 0. The molecule has 0 radical (unpaired) electrons. The van der Waals surface area contributed by atoms with Crippen molar-refractivity contribution in [2.75, 3.05) is 6.61 Å². The van der Waals surface area contributed by atoms with Crippen LogP contribution in [0, 0.1) is 0 Å². The molecule has 5 rings (SSSR count). The van der Waals surface area contributed by atoms with E-state index in [2.05, 4.69) is 6.58 Å². The van der Waals surface area contributed by atoms with Crippen LogP contribution in [-0.4, -0.2) is 54.9 Å². The first-order valence-electron chi connectivity index (χ1n) is 11.2. The minimum absolute atomic E-state index is 0.0892. The zero-order chi connectivity index (χ0) is 20.1. The van der Waals surface area contributed by atoms with Crippen molar-refractivity contribution in [1.82, 2.24) is 0 Å². The molecule has 0 bridgehead atoms. The van der Waals surface area contributed by atoms with Crippen LogP contribution in [0.4, 0.5) is 0 Å². The smallest absolute Gasteiger partial charge is 0.333 e. The van der Waals surface area contributed by atoms with Gasteiger partial charge in [0.1, 0.15) is 31.0 Å². The van der Waals surface area contributed by atoms with Crippen molar-refractivity contribution in [3.05, 3.63) is 12.2 Å². The molecule has 5 fully saturated rings. The van der Waals surface area contributed by atoms with Crippen LogP contribution in [0.3, 0.4) is 0 Å². The van der Waals surface area contributed by atoms with Gasteiger partial charge in [-0.3, -0.25) is 0 Å². The molecule has 29 heavy (non-hydrogen) atoms. The highest BCUT2D eigenvalue weighted by Crippen LogP contribution is 2.50. The molecule has 2 aliphatic carbocycles. The van der Waals surface area contributed by atoms with Crippen LogP contribution in [0.1, 0.15) is 71.1 Å². The molecule has 0 aromatic heterocycles. The average molecular weight is 408 g/mol. The average Bonchev–Trinajstić information content (AvgIpc) is 3.25. The molecule has 5 atom stereocenters. The Kier molecular flexibility index (Phi) is 5.23. The maximum Gasteiger partial charge on any atom is 0.333 e. The van der Waals surface area contributed by atoms with Gasteiger partial charge in [0.15, 0.2) is 17.9 Å². The molecule has 3 aliphatic heterocycles. The molecule has 2 saturated carbocycles. The first-order valence-corrected chi connectivity index (χ1v) is 11.2. The van der Waals surface area contributed by atoms with Crippen molar-refractivity contribution in [3.8, 4) is 0 Å². The van der Waals surface area contributed by atoms with E-state index in [1.807, 2.05) is 0 Å². The first-order chi connectivity index (χ1) is 14.0. The van der Waals surface area contributed by atoms with Crippen LogP contribution in [0.15, 0.2) is 12.2 Å². The Bertz CT molecular complexity index is 650. The lowest BCUT2D eigenvalue weighted by Crippen LogP contribution is -2.56. The minimum atomic E-state index is -0.576. The lowest BCUT2D eigenvalue weighted by atomic mass is 9.94. The van der Waals surface area contributed by atoms with Crippen LogP contribution in [0.2, 0.25) is 0 Å². The normalized spacial score (nSPS) is 39.8. The number of rotatable bonds is 3. The molecule has 0 aromatic carbocycles. The Hall–Kier alpha value is -0.990. The number of carbonyl (C=O) groups excluding carboxylic acids is 1. The molecule has 0 unspecified atom stereocenters. The van der Waals surface area contributed by atoms with Crippen molar-refractivity contribution in [2.45, 2.75) is 113 Å². The highest BCUT2D eigenvalue weighted by molar-refractivity contribution is 5.86. The molecule has 5 aliphatic rings. The van der Waals surface area contributed by atoms with Gasteiger partial charge in [0.05, 0.1) is 0 Å².